The third-order valence-electron chi connectivity index (χ3n) is 2.25. The van der Waals surface area contributed by atoms with Crippen molar-refractivity contribution < 1.29 is 32.9 Å². The molecule has 8 heteroatoms. The highest BCUT2D eigenvalue weighted by molar-refractivity contribution is 7.14. The number of aliphatic hydroxyl groups excluding tert-OH is 1. The van der Waals surface area contributed by atoms with E-state index in [1.807, 2.05) is 13.8 Å². The van der Waals surface area contributed by atoms with Gasteiger partial charge in [-0.25, -0.2) is 4.79 Å². The van der Waals surface area contributed by atoms with E-state index in [2.05, 4.69) is 0 Å². The minimum Gasteiger partial charge on any atom is -0.489 e. The largest absolute Gasteiger partial charge is 0.489 e. The van der Waals surface area contributed by atoms with Crippen molar-refractivity contribution in [3.63, 3.8) is 0 Å². The van der Waals surface area contributed by atoms with Crippen molar-refractivity contribution in [3.8, 4) is 5.75 Å². The van der Waals surface area contributed by atoms with E-state index in [0.29, 0.717) is 4.88 Å². The first-order valence-electron chi connectivity index (χ1n) is 5.37. The van der Waals surface area contributed by atoms with Gasteiger partial charge in [-0.1, -0.05) is 13.8 Å². The van der Waals surface area contributed by atoms with E-state index in [9.17, 15) is 18.0 Å². The van der Waals surface area contributed by atoms with Crippen molar-refractivity contribution in [2.45, 2.75) is 32.0 Å². The molecular weight excluding hydrogens is 285 g/mol. The number of rotatable bonds is 5. The quantitative estimate of drug-likeness (QED) is 0.877. The van der Waals surface area contributed by atoms with Gasteiger partial charge in [-0.15, -0.1) is 11.3 Å². The first kappa shape index (κ1) is 15.8. The molecule has 1 aromatic heterocycles. The Labute approximate surface area is 111 Å². The molecule has 19 heavy (non-hydrogen) atoms. The summed E-state index contributed by atoms with van der Waals surface area (Å²) in [7, 11) is 0. The summed E-state index contributed by atoms with van der Waals surface area (Å²) in [5, 5.41) is 17.7. The molecule has 0 saturated carbocycles. The number of ether oxygens (including phenoxy) is 1. The van der Waals surface area contributed by atoms with Crippen molar-refractivity contribution in [2.24, 2.45) is 0 Å². The number of aromatic carboxylic acids is 1. The Morgan fingerprint density at radius 3 is 2.47 bits per heavy atom. The maximum Gasteiger partial charge on any atom is 0.417 e. The molecule has 1 unspecified atom stereocenters. The second kappa shape index (κ2) is 5.79. The van der Waals surface area contributed by atoms with Crippen LogP contribution in [0.2, 0.25) is 0 Å². The minimum atomic E-state index is -4.79. The van der Waals surface area contributed by atoms with E-state index in [1.165, 1.54) is 6.07 Å². The summed E-state index contributed by atoms with van der Waals surface area (Å²) in [5.74, 6) is -1.38. The van der Waals surface area contributed by atoms with Gasteiger partial charge in [0.15, 0.2) is 11.0 Å². The Bertz CT molecular complexity index is 453. The molecule has 108 valence electrons. The van der Waals surface area contributed by atoms with Crippen molar-refractivity contribution in [3.05, 3.63) is 15.8 Å². The molecule has 0 aliphatic rings. The van der Waals surface area contributed by atoms with Crippen LogP contribution in [-0.4, -0.2) is 35.1 Å². The van der Waals surface area contributed by atoms with Gasteiger partial charge in [-0.2, -0.15) is 13.2 Å². The SMILES string of the molecule is CC(C)c1cc(OCC(O)C(F)(F)F)c(C(=O)O)s1. The van der Waals surface area contributed by atoms with Crippen molar-refractivity contribution in [2.75, 3.05) is 6.61 Å². The molecule has 0 aliphatic heterocycles. The number of aliphatic hydroxyl groups is 1. The maximum atomic E-state index is 12.1. The molecular formula is C11H13F3O4S. The summed E-state index contributed by atoms with van der Waals surface area (Å²) < 4.78 is 41.1. The number of halogens is 3. The molecule has 1 rings (SSSR count). The zero-order chi connectivity index (χ0) is 14.8. The van der Waals surface area contributed by atoms with Crippen LogP contribution < -0.4 is 4.74 Å². The second-order valence-electron chi connectivity index (χ2n) is 4.17. The Kier molecular flexibility index (Phi) is 4.81. The lowest BCUT2D eigenvalue weighted by Gasteiger charge is -2.14. The summed E-state index contributed by atoms with van der Waals surface area (Å²) in [6.07, 6.45) is -7.43. The number of carboxylic acid groups (broad SMARTS) is 1. The van der Waals surface area contributed by atoms with Crippen LogP contribution in [0, 0.1) is 0 Å². The predicted octanol–water partition coefficient (Wildman–Crippen LogP) is 2.87. The first-order valence-corrected chi connectivity index (χ1v) is 6.19. The molecule has 1 atom stereocenters. The van der Waals surface area contributed by atoms with Crippen LogP contribution >= 0.6 is 11.3 Å². The second-order valence-corrected chi connectivity index (χ2v) is 5.25. The number of carboxylic acids is 1. The van der Waals surface area contributed by atoms with Gasteiger partial charge in [0, 0.05) is 4.88 Å². The van der Waals surface area contributed by atoms with E-state index in [0.717, 1.165) is 11.3 Å². The summed E-state index contributed by atoms with van der Waals surface area (Å²) in [5.41, 5.74) is 0. The molecule has 0 aliphatic carbocycles. The molecule has 0 aromatic carbocycles. The molecule has 0 radical (unpaired) electrons. The van der Waals surface area contributed by atoms with Crippen molar-refractivity contribution in [1.82, 2.24) is 0 Å². The fraction of sp³-hybridized carbons (Fsp3) is 0.545. The van der Waals surface area contributed by atoms with E-state index < -0.39 is 24.9 Å². The highest BCUT2D eigenvalue weighted by atomic mass is 32.1. The Morgan fingerprint density at radius 2 is 2.05 bits per heavy atom. The zero-order valence-corrected chi connectivity index (χ0v) is 11.0. The van der Waals surface area contributed by atoms with Crippen LogP contribution in [0.5, 0.6) is 5.75 Å². The van der Waals surface area contributed by atoms with Gasteiger partial charge in [-0.05, 0) is 12.0 Å². The number of hydrogen-bond donors (Lipinski definition) is 2. The van der Waals surface area contributed by atoms with Crippen LogP contribution in [0.15, 0.2) is 6.07 Å². The average Bonchev–Trinajstić information content (AvgIpc) is 2.68. The topological polar surface area (TPSA) is 66.8 Å². The molecule has 1 heterocycles. The average molecular weight is 298 g/mol. The Hall–Kier alpha value is -1.28. The van der Waals surface area contributed by atoms with Crippen LogP contribution in [0.1, 0.15) is 34.3 Å². The maximum absolute atomic E-state index is 12.1. The van der Waals surface area contributed by atoms with Crippen molar-refractivity contribution in [1.29, 1.82) is 0 Å². The molecule has 0 saturated heterocycles. The fourth-order valence-corrected chi connectivity index (χ4v) is 2.14. The standard InChI is InChI=1S/C11H13F3O4S/c1-5(2)7-3-6(9(19-7)10(16)17)18-4-8(15)11(12,13)14/h3,5,8,15H,4H2,1-2H3,(H,16,17). The number of alkyl halides is 3. The van der Waals surface area contributed by atoms with Gasteiger partial charge in [-0.3, -0.25) is 0 Å². The Morgan fingerprint density at radius 1 is 1.47 bits per heavy atom. The van der Waals surface area contributed by atoms with Crippen LogP contribution in [-0.2, 0) is 0 Å². The highest BCUT2D eigenvalue weighted by Crippen LogP contribution is 2.34. The zero-order valence-electron chi connectivity index (χ0n) is 10.2. The molecule has 2 N–H and O–H groups in total. The van der Waals surface area contributed by atoms with Gasteiger partial charge in [0.1, 0.15) is 12.4 Å². The first-order chi connectivity index (χ1) is 8.62. The summed E-state index contributed by atoms with van der Waals surface area (Å²) in [4.78, 5) is 11.5. The number of thiophene rings is 1. The summed E-state index contributed by atoms with van der Waals surface area (Å²) >= 11 is 0.947. The van der Waals surface area contributed by atoms with Gasteiger partial charge >= 0.3 is 12.1 Å². The van der Waals surface area contributed by atoms with Gasteiger partial charge in [0.05, 0.1) is 0 Å². The van der Waals surface area contributed by atoms with E-state index >= 15 is 0 Å². The van der Waals surface area contributed by atoms with Crippen LogP contribution in [0.4, 0.5) is 13.2 Å². The fourth-order valence-electron chi connectivity index (χ4n) is 1.20. The van der Waals surface area contributed by atoms with Gasteiger partial charge in [0.2, 0.25) is 0 Å². The van der Waals surface area contributed by atoms with E-state index in [-0.39, 0.29) is 16.5 Å². The van der Waals surface area contributed by atoms with E-state index in [1.54, 1.807) is 0 Å². The summed E-state index contributed by atoms with van der Waals surface area (Å²) in [6.45, 7) is 2.62. The molecule has 0 spiro atoms. The minimum absolute atomic E-state index is 0.0352. The molecule has 0 bridgehead atoms. The molecule has 0 amide bonds. The molecule has 0 fully saturated rings. The van der Waals surface area contributed by atoms with Crippen molar-refractivity contribution >= 4 is 17.3 Å². The monoisotopic (exact) mass is 298 g/mol. The lowest BCUT2D eigenvalue weighted by molar-refractivity contribution is -0.210. The van der Waals surface area contributed by atoms with Crippen LogP contribution in [0.3, 0.4) is 0 Å². The third kappa shape index (κ3) is 4.10. The normalized spacial score (nSPS) is 13.6. The molecule has 1 aromatic rings. The predicted molar refractivity (Wildman–Crippen MR) is 62.9 cm³/mol. The highest BCUT2D eigenvalue weighted by Gasteiger charge is 2.39. The van der Waals surface area contributed by atoms with E-state index in [4.69, 9.17) is 14.9 Å². The van der Waals surface area contributed by atoms with Crippen LogP contribution in [0.25, 0.3) is 0 Å². The third-order valence-corrected chi connectivity index (χ3v) is 3.66. The Balaban J connectivity index is 2.85. The lowest BCUT2D eigenvalue weighted by Crippen LogP contribution is -2.34. The van der Waals surface area contributed by atoms with Gasteiger partial charge < -0.3 is 14.9 Å². The number of carbonyl (C=O) groups is 1. The van der Waals surface area contributed by atoms with Gasteiger partial charge in [0.25, 0.3) is 0 Å². The molecule has 4 nitrogen and oxygen atoms in total. The smallest absolute Gasteiger partial charge is 0.417 e. The lowest BCUT2D eigenvalue weighted by atomic mass is 10.2. The summed E-state index contributed by atoms with van der Waals surface area (Å²) in [6, 6.07) is 1.39. The number of hydrogen-bond acceptors (Lipinski definition) is 4.